The van der Waals surface area contributed by atoms with E-state index < -0.39 is 23.9 Å². The third kappa shape index (κ3) is 10.6. The molecule has 0 saturated heterocycles. The van der Waals surface area contributed by atoms with Crippen molar-refractivity contribution in [2.75, 3.05) is 19.0 Å². The van der Waals surface area contributed by atoms with Crippen LogP contribution in [0.25, 0.3) is 0 Å². The molecule has 0 heterocycles. The predicted octanol–water partition coefficient (Wildman–Crippen LogP) is 6.82. The number of hydrogen-bond donors (Lipinski definition) is 3. The van der Waals surface area contributed by atoms with Crippen molar-refractivity contribution < 1.29 is 38.5 Å². The molecule has 1 unspecified atom stereocenters. The van der Waals surface area contributed by atoms with Gasteiger partial charge < -0.3 is 30.0 Å². The van der Waals surface area contributed by atoms with E-state index in [0.29, 0.717) is 29.2 Å². The van der Waals surface area contributed by atoms with Crippen molar-refractivity contribution in [2.24, 2.45) is 5.92 Å². The van der Waals surface area contributed by atoms with Gasteiger partial charge in [0.1, 0.15) is 11.8 Å². The second-order valence-electron chi connectivity index (χ2n) is 11.8. The third-order valence-electron chi connectivity index (χ3n) is 8.22. The number of carboxylic acids is 1. The molecule has 47 heavy (non-hydrogen) atoms. The lowest BCUT2D eigenvalue weighted by atomic mass is 10.0. The lowest BCUT2D eigenvalue weighted by Crippen LogP contribution is -2.42. The Morgan fingerprint density at radius 3 is 2.19 bits per heavy atom. The molecule has 3 aromatic carbocycles. The topological polar surface area (TPSA) is 140 Å². The molecule has 4 rings (SSSR count). The van der Waals surface area contributed by atoms with Crippen LogP contribution in [0.15, 0.2) is 66.7 Å². The summed E-state index contributed by atoms with van der Waals surface area (Å²) in [6.45, 7) is 2.80. The highest BCUT2D eigenvalue weighted by Crippen LogP contribution is 2.30. The Morgan fingerprint density at radius 1 is 0.851 bits per heavy atom. The van der Waals surface area contributed by atoms with Crippen molar-refractivity contribution >= 4 is 29.4 Å². The van der Waals surface area contributed by atoms with Crippen LogP contribution in [-0.2, 0) is 16.0 Å². The number of aliphatic carboxylic acids is 1. The van der Waals surface area contributed by atoms with Crippen LogP contribution in [0.4, 0.5) is 5.69 Å². The largest absolute Gasteiger partial charge is 0.494 e. The summed E-state index contributed by atoms with van der Waals surface area (Å²) in [7, 11) is 1.42. The normalized spacial score (nSPS) is 13.4. The van der Waals surface area contributed by atoms with Crippen molar-refractivity contribution in [3.63, 3.8) is 0 Å². The minimum Gasteiger partial charge on any atom is -0.494 e. The molecule has 1 fully saturated rings. The van der Waals surface area contributed by atoms with Gasteiger partial charge in [0, 0.05) is 23.6 Å². The summed E-state index contributed by atoms with van der Waals surface area (Å²) in [4.78, 5) is 50.2. The summed E-state index contributed by atoms with van der Waals surface area (Å²) in [6, 6.07) is 16.5. The minimum atomic E-state index is -1.24. The maximum atomic E-state index is 12.9. The van der Waals surface area contributed by atoms with Crippen molar-refractivity contribution in [3.05, 3.63) is 83.4 Å². The molecule has 250 valence electrons. The van der Waals surface area contributed by atoms with Gasteiger partial charge in [-0.2, -0.15) is 0 Å². The van der Waals surface area contributed by atoms with Crippen LogP contribution in [0.5, 0.6) is 17.2 Å². The molecule has 3 N–H and O–H groups in total. The molecule has 1 atom stereocenters. The fourth-order valence-corrected chi connectivity index (χ4v) is 5.48. The van der Waals surface area contributed by atoms with Crippen molar-refractivity contribution in [3.8, 4) is 17.2 Å². The summed E-state index contributed by atoms with van der Waals surface area (Å²) in [5.41, 5.74) is 1.73. The number of esters is 1. The zero-order chi connectivity index (χ0) is 33.6. The van der Waals surface area contributed by atoms with Crippen LogP contribution in [0.2, 0.25) is 0 Å². The first-order chi connectivity index (χ1) is 22.8. The molecule has 1 saturated carbocycles. The summed E-state index contributed by atoms with van der Waals surface area (Å²) >= 11 is 0. The zero-order valence-corrected chi connectivity index (χ0v) is 27.1. The number of unbranched alkanes of at least 4 members (excludes halogenated alkanes) is 4. The SMILES string of the molecule is CCCCCCCOc1ccc(C(=O)Oc2ccc(CC(NC(=O)c3ccc(NC(=O)C4CCCC4)cc3)C(=O)O)cc2OC)cc1. The van der Waals surface area contributed by atoms with Crippen molar-refractivity contribution in [2.45, 2.75) is 77.2 Å². The highest BCUT2D eigenvalue weighted by Gasteiger charge is 2.24. The molecule has 10 heteroatoms. The second-order valence-corrected chi connectivity index (χ2v) is 11.8. The summed E-state index contributed by atoms with van der Waals surface area (Å²) in [6.07, 6.45) is 9.56. The number of rotatable bonds is 17. The molecule has 3 aromatic rings. The number of carbonyl (C=O) groups excluding carboxylic acids is 3. The number of ether oxygens (including phenoxy) is 3. The van der Waals surface area contributed by atoms with E-state index in [1.54, 1.807) is 60.7 Å². The van der Waals surface area contributed by atoms with Gasteiger partial charge >= 0.3 is 11.9 Å². The van der Waals surface area contributed by atoms with E-state index in [4.69, 9.17) is 14.2 Å². The first-order valence-corrected chi connectivity index (χ1v) is 16.3. The predicted molar refractivity (Wildman–Crippen MR) is 178 cm³/mol. The Labute approximate surface area is 275 Å². The Bertz CT molecular complexity index is 1500. The molecule has 0 aromatic heterocycles. The van der Waals surface area contributed by atoms with Crippen molar-refractivity contribution in [1.29, 1.82) is 0 Å². The van der Waals surface area contributed by atoms with Gasteiger partial charge in [-0.25, -0.2) is 9.59 Å². The standard InChI is InChI=1S/C37H44N2O8/c1-3-4-5-6-9-22-46-30-19-15-28(16-20-30)37(44)47-32-21-12-25(24-33(32)45-2)23-31(36(42)43)39-35(41)27-13-17-29(18-14-27)38-34(40)26-10-7-8-11-26/h12-21,24,26,31H,3-11,22-23H2,1-2H3,(H,38,40)(H,39,41)(H,42,43). The van der Waals surface area contributed by atoms with Crippen LogP contribution >= 0.6 is 0 Å². The fourth-order valence-electron chi connectivity index (χ4n) is 5.48. The number of methoxy groups -OCH3 is 1. The summed E-state index contributed by atoms with van der Waals surface area (Å²) < 4.78 is 16.8. The maximum Gasteiger partial charge on any atom is 0.343 e. The van der Waals surface area contributed by atoms with Gasteiger partial charge in [-0.1, -0.05) is 51.5 Å². The molecule has 0 radical (unpaired) electrons. The van der Waals surface area contributed by atoms with E-state index in [1.165, 1.54) is 32.4 Å². The van der Waals surface area contributed by atoms with Crippen molar-refractivity contribution in [1.82, 2.24) is 5.32 Å². The summed E-state index contributed by atoms with van der Waals surface area (Å²) in [5.74, 6) is -1.27. The molecular weight excluding hydrogens is 600 g/mol. The Morgan fingerprint density at radius 2 is 1.53 bits per heavy atom. The van der Waals surface area contributed by atoms with E-state index >= 15 is 0 Å². The molecule has 0 bridgehead atoms. The molecular formula is C37H44N2O8. The number of hydrogen-bond acceptors (Lipinski definition) is 7. The lowest BCUT2D eigenvalue weighted by molar-refractivity contribution is -0.139. The highest BCUT2D eigenvalue weighted by atomic mass is 16.6. The van der Waals surface area contributed by atoms with Gasteiger partial charge in [-0.15, -0.1) is 0 Å². The number of carbonyl (C=O) groups is 4. The van der Waals surface area contributed by atoms with E-state index in [9.17, 15) is 24.3 Å². The molecule has 0 spiro atoms. The average molecular weight is 645 g/mol. The molecule has 0 aliphatic heterocycles. The van der Waals surface area contributed by atoms with Crippen LogP contribution in [-0.4, -0.2) is 48.6 Å². The quantitative estimate of drug-likeness (QED) is 0.0827. The van der Waals surface area contributed by atoms with E-state index in [0.717, 1.165) is 38.5 Å². The van der Waals surface area contributed by atoms with Gasteiger partial charge in [-0.3, -0.25) is 9.59 Å². The first-order valence-electron chi connectivity index (χ1n) is 16.3. The van der Waals surface area contributed by atoms with Crippen LogP contribution in [0.3, 0.4) is 0 Å². The average Bonchev–Trinajstić information content (AvgIpc) is 3.63. The van der Waals surface area contributed by atoms with Gasteiger partial charge in [-0.05, 0) is 85.5 Å². The smallest absolute Gasteiger partial charge is 0.343 e. The summed E-state index contributed by atoms with van der Waals surface area (Å²) in [5, 5.41) is 15.3. The molecule has 1 aliphatic rings. The highest BCUT2D eigenvalue weighted by molar-refractivity contribution is 5.98. The van der Waals surface area contributed by atoms with Gasteiger partial charge in [0.2, 0.25) is 5.91 Å². The Balaban J connectivity index is 1.31. The van der Waals surface area contributed by atoms with Gasteiger partial charge in [0.05, 0.1) is 19.3 Å². The van der Waals surface area contributed by atoms with E-state index in [1.807, 2.05) is 0 Å². The third-order valence-corrected chi connectivity index (χ3v) is 8.22. The number of carboxylic acid groups (broad SMARTS) is 1. The molecule has 10 nitrogen and oxygen atoms in total. The van der Waals surface area contributed by atoms with Crippen LogP contribution < -0.4 is 24.8 Å². The van der Waals surface area contributed by atoms with E-state index in [2.05, 4.69) is 17.6 Å². The fraction of sp³-hybridized carbons (Fsp3) is 0.405. The number of nitrogens with one attached hydrogen (secondary N) is 2. The Hall–Kier alpha value is -4.86. The van der Waals surface area contributed by atoms with Gasteiger partial charge in [0.25, 0.3) is 5.91 Å². The first kappa shape index (κ1) is 35.0. The molecule has 1 aliphatic carbocycles. The monoisotopic (exact) mass is 644 g/mol. The number of amides is 2. The maximum absolute atomic E-state index is 12.9. The zero-order valence-electron chi connectivity index (χ0n) is 27.1. The van der Waals surface area contributed by atoms with Gasteiger partial charge in [0.15, 0.2) is 11.5 Å². The van der Waals surface area contributed by atoms with Crippen LogP contribution in [0, 0.1) is 5.92 Å². The van der Waals surface area contributed by atoms with Crippen LogP contribution in [0.1, 0.15) is 91.0 Å². The second kappa shape index (κ2) is 17.7. The number of benzene rings is 3. The minimum absolute atomic E-state index is 0.0151. The van der Waals surface area contributed by atoms with E-state index in [-0.39, 0.29) is 35.3 Å². The lowest BCUT2D eigenvalue weighted by Gasteiger charge is -2.16. The molecule has 2 amide bonds. The number of anilines is 1. The Kier molecular flexibility index (Phi) is 13.2.